The second kappa shape index (κ2) is 8.58. The number of benzene rings is 2. The lowest BCUT2D eigenvalue weighted by molar-refractivity contribution is -0.114. The molecule has 3 N–H and O–H groups in total. The second-order valence-corrected chi connectivity index (χ2v) is 6.87. The monoisotopic (exact) mass is 366 g/mol. The van der Waals surface area contributed by atoms with Crippen molar-refractivity contribution in [3.8, 4) is 0 Å². The molecule has 0 spiro atoms. The van der Waals surface area contributed by atoms with Crippen molar-refractivity contribution in [2.45, 2.75) is 32.7 Å². The van der Waals surface area contributed by atoms with Crippen LogP contribution in [-0.4, -0.2) is 25.0 Å². The molecule has 1 saturated heterocycles. The largest absolute Gasteiger partial charge is 0.371 e. The molecule has 0 aliphatic carbocycles. The number of carbonyl (C=O) groups is 2. The quantitative estimate of drug-likeness (QED) is 0.745. The lowest BCUT2D eigenvalue weighted by atomic mass is 10.1. The number of urea groups is 1. The molecular weight excluding hydrogens is 340 g/mol. The summed E-state index contributed by atoms with van der Waals surface area (Å²) in [5.41, 5.74) is 3.55. The number of anilines is 3. The summed E-state index contributed by atoms with van der Waals surface area (Å²) in [4.78, 5) is 25.9. The average molecular weight is 366 g/mol. The molecule has 3 amide bonds. The predicted molar refractivity (Wildman–Crippen MR) is 109 cm³/mol. The highest BCUT2D eigenvalue weighted by molar-refractivity contribution is 5.90. The third-order valence-electron chi connectivity index (χ3n) is 4.63. The first kappa shape index (κ1) is 18.8. The van der Waals surface area contributed by atoms with Gasteiger partial charge in [-0.25, -0.2) is 4.79 Å². The van der Waals surface area contributed by atoms with Crippen LogP contribution in [0.1, 0.15) is 38.3 Å². The Morgan fingerprint density at radius 3 is 2.33 bits per heavy atom. The summed E-state index contributed by atoms with van der Waals surface area (Å²) in [7, 11) is 0. The fourth-order valence-corrected chi connectivity index (χ4v) is 3.29. The molecule has 2 aromatic carbocycles. The van der Waals surface area contributed by atoms with Crippen molar-refractivity contribution in [1.82, 2.24) is 5.32 Å². The molecule has 1 fully saturated rings. The topological polar surface area (TPSA) is 73.5 Å². The van der Waals surface area contributed by atoms with Gasteiger partial charge in [-0.2, -0.15) is 0 Å². The van der Waals surface area contributed by atoms with Gasteiger partial charge in [0.2, 0.25) is 5.91 Å². The Bertz CT molecular complexity index is 815. The molecule has 2 aromatic rings. The van der Waals surface area contributed by atoms with Gasteiger partial charge in [0.1, 0.15) is 0 Å². The number of nitrogens with one attached hydrogen (secondary N) is 3. The molecule has 0 aromatic heterocycles. The predicted octanol–water partition coefficient (Wildman–Crippen LogP) is 4.13. The molecule has 1 aliphatic rings. The van der Waals surface area contributed by atoms with E-state index in [0.717, 1.165) is 30.0 Å². The van der Waals surface area contributed by atoms with E-state index < -0.39 is 0 Å². The maximum absolute atomic E-state index is 12.4. The van der Waals surface area contributed by atoms with E-state index in [4.69, 9.17) is 0 Å². The highest BCUT2D eigenvalue weighted by Gasteiger charge is 2.14. The first-order chi connectivity index (χ1) is 13.0. The number of hydrogen-bond acceptors (Lipinski definition) is 3. The van der Waals surface area contributed by atoms with Crippen LogP contribution in [0.3, 0.4) is 0 Å². The Balaban J connectivity index is 1.60. The van der Waals surface area contributed by atoms with Crippen molar-refractivity contribution >= 4 is 29.0 Å². The maximum Gasteiger partial charge on any atom is 0.319 e. The van der Waals surface area contributed by atoms with Gasteiger partial charge in [0.05, 0.1) is 6.04 Å². The van der Waals surface area contributed by atoms with Crippen molar-refractivity contribution in [2.75, 3.05) is 28.6 Å². The Morgan fingerprint density at radius 2 is 1.63 bits per heavy atom. The summed E-state index contributed by atoms with van der Waals surface area (Å²) >= 11 is 0. The van der Waals surface area contributed by atoms with E-state index in [1.54, 1.807) is 0 Å². The Kier molecular flexibility index (Phi) is 5.96. The number of rotatable bonds is 5. The summed E-state index contributed by atoms with van der Waals surface area (Å²) in [6, 6.07) is 14.9. The van der Waals surface area contributed by atoms with Crippen LogP contribution in [0.25, 0.3) is 0 Å². The molecule has 0 bridgehead atoms. The van der Waals surface area contributed by atoms with E-state index >= 15 is 0 Å². The van der Waals surface area contributed by atoms with Gasteiger partial charge in [-0.05, 0) is 55.7 Å². The molecule has 6 heteroatoms. The zero-order valence-electron chi connectivity index (χ0n) is 15.8. The molecule has 27 heavy (non-hydrogen) atoms. The van der Waals surface area contributed by atoms with Crippen LogP contribution < -0.4 is 20.9 Å². The van der Waals surface area contributed by atoms with Gasteiger partial charge in [0, 0.05) is 37.1 Å². The Morgan fingerprint density at radius 1 is 0.963 bits per heavy atom. The van der Waals surface area contributed by atoms with Gasteiger partial charge >= 0.3 is 6.03 Å². The van der Waals surface area contributed by atoms with Crippen molar-refractivity contribution in [2.24, 2.45) is 0 Å². The lowest BCUT2D eigenvalue weighted by Crippen LogP contribution is -2.31. The fourth-order valence-electron chi connectivity index (χ4n) is 3.29. The van der Waals surface area contributed by atoms with Gasteiger partial charge in [0.25, 0.3) is 0 Å². The van der Waals surface area contributed by atoms with E-state index in [1.807, 2.05) is 49.4 Å². The Hall–Kier alpha value is -3.02. The first-order valence-corrected chi connectivity index (χ1v) is 9.31. The molecule has 1 unspecified atom stereocenters. The van der Waals surface area contributed by atoms with Crippen molar-refractivity contribution in [1.29, 1.82) is 0 Å². The molecule has 6 nitrogen and oxygen atoms in total. The normalized spacial score (nSPS) is 14.5. The minimum absolute atomic E-state index is 0.122. The van der Waals surface area contributed by atoms with E-state index in [0.29, 0.717) is 5.69 Å². The van der Waals surface area contributed by atoms with Gasteiger partial charge in [0.15, 0.2) is 0 Å². The summed E-state index contributed by atoms with van der Waals surface area (Å²) in [6.07, 6.45) is 2.43. The van der Waals surface area contributed by atoms with E-state index in [2.05, 4.69) is 26.9 Å². The third-order valence-corrected chi connectivity index (χ3v) is 4.63. The summed E-state index contributed by atoms with van der Waals surface area (Å²) < 4.78 is 0. The van der Waals surface area contributed by atoms with Crippen LogP contribution in [-0.2, 0) is 4.79 Å². The number of hydrogen-bond donors (Lipinski definition) is 3. The van der Waals surface area contributed by atoms with Gasteiger partial charge in [-0.15, -0.1) is 0 Å². The Labute approximate surface area is 159 Å². The molecule has 3 rings (SSSR count). The van der Waals surface area contributed by atoms with Crippen molar-refractivity contribution < 1.29 is 9.59 Å². The van der Waals surface area contributed by atoms with Gasteiger partial charge < -0.3 is 20.9 Å². The summed E-state index contributed by atoms with van der Waals surface area (Å²) in [6.45, 7) is 5.51. The molecule has 0 radical (unpaired) electrons. The van der Waals surface area contributed by atoms with Gasteiger partial charge in [-0.3, -0.25) is 4.79 Å². The standard InChI is InChI=1S/C21H26N4O2/c1-15(17-7-5-8-18(13-17)23-16(2)26)22-21(27)24-19-9-6-10-20(14-19)25-11-3-4-12-25/h5-10,13-15H,3-4,11-12H2,1-2H3,(H,23,26)(H2,22,24,27). The van der Waals surface area contributed by atoms with Crippen molar-refractivity contribution in [3.63, 3.8) is 0 Å². The average Bonchev–Trinajstić information content (AvgIpc) is 3.16. The molecule has 1 heterocycles. The van der Waals surface area contributed by atoms with Crippen LogP contribution in [0.4, 0.5) is 21.9 Å². The molecule has 1 aliphatic heterocycles. The van der Waals surface area contributed by atoms with Crippen LogP contribution in [0.2, 0.25) is 0 Å². The highest BCUT2D eigenvalue weighted by atomic mass is 16.2. The zero-order valence-corrected chi connectivity index (χ0v) is 15.8. The van der Waals surface area contributed by atoms with Crippen LogP contribution in [0.15, 0.2) is 48.5 Å². The molecular formula is C21H26N4O2. The minimum Gasteiger partial charge on any atom is -0.371 e. The maximum atomic E-state index is 12.4. The zero-order chi connectivity index (χ0) is 19.2. The van der Waals surface area contributed by atoms with E-state index in [-0.39, 0.29) is 18.0 Å². The first-order valence-electron chi connectivity index (χ1n) is 9.31. The number of carbonyl (C=O) groups excluding carboxylic acids is 2. The summed E-state index contributed by atoms with van der Waals surface area (Å²) in [5.74, 6) is -0.122. The second-order valence-electron chi connectivity index (χ2n) is 6.87. The molecule has 0 saturated carbocycles. The van der Waals surface area contributed by atoms with Crippen LogP contribution >= 0.6 is 0 Å². The smallest absolute Gasteiger partial charge is 0.319 e. The third kappa shape index (κ3) is 5.23. The molecule has 1 atom stereocenters. The fraction of sp³-hybridized carbons (Fsp3) is 0.333. The number of amides is 3. The van der Waals surface area contributed by atoms with E-state index in [9.17, 15) is 9.59 Å². The van der Waals surface area contributed by atoms with Crippen LogP contribution in [0.5, 0.6) is 0 Å². The van der Waals surface area contributed by atoms with Crippen LogP contribution in [0, 0.1) is 0 Å². The molecule has 142 valence electrons. The van der Waals surface area contributed by atoms with Gasteiger partial charge in [-0.1, -0.05) is 18.2 Å². The highest BCUT2D eigenvalue weighted by Crippen LogP contribution is 2.23. The SMILES string of the molecule is CC(=O)Nc1cccc(C(C)NC(=O)Nc2cccc(N3CCCC3)c2)c1. The summed E-state index contributed by atoms with van der Waals surface area (Å²) in [5, 5.41) is 8.60. The number of nitrogens with zero attached hydrogens (tertiary/aromatic N) is 1. The lowest BCUT2D eigenvalue weighted by Gasteiger charge is -2.19. The van der Waals surface area contributed by atoms with Crippen molar-refractivity contribution in [3.05, 3.63) is 54.1 Å². The minimum atomic E-state index is -0.258. The van der Waals surface area contributed by atoms with E-state index in [1.165, 1.54) is 19.8 Å².